The van der Waals surface area contributed by atoms with Crippen LogP contribution in [0, 0.1) is 19.7 Å². The van der Waals surface area contributed by atoms with Gasteiger partial charge < -0.3 is 4.42 Å². The van der Waals surface area contributed by atoms with E-state index in [1.165, 1.54) is 18.2 Å². The van der Waals surface area contributed by atoms with Crippen LogP contribution in [0.15, 0.2) is 45.6 Å². The van der Waals surface area contributed by atoms with Crippen LogP contribution in [0.3, 0.4) is 0 Å². The fourth-order valence-corrected chi connectivity index (χ4v) is 3.56. The highest BCUT2D eigenvalue weighted by Crippen LogP contribution is 2.27. The average molecular weight is 368 g/mol. The molecule has 2 aromatic carbocycles. The molecule has 2 aromatic heterocycles. The zero-order valence-electron chi connectivity index (χ0n) is 13.9. The summed E-state index contributed by atoms with van der Waals surface area (Å²) in [6, 6.07) is 8.90. The largest absolute Gasteiger partial charge is 0.450 e. The number of aryl methyl sites for hydroxylation is 2. The lowest BCUT2D eigenvalue weighted by molar-refractivity contribution is 0.0997. The number of hydrogen-bond acceptors (Lipinski definition) is 5. The molecule has 0 saturated heterocycles. The number of aromatic nitrogens is 1. The SMILES string of the molecule is Cc1ccc2c(=O)cc(C(=O)Nc3nc4ccc(F)cc4s3)oc2c1C. The van der Waals surface area contributed by atoms with E-state index in [2.05, 4.69) is 10.3 Å². The summed E-state index contributed by atoms with van der Waals surface area (Å²) in [6.45, 7) is 3.74. The number of anilines is 1. The summed E-state index contributed by atoms with van der Waals surface area (Å²) < 4.78 is 19.6. The molecule has 2 heterocycles. The molecule has 0 spiro atoms. The molecule has 5 nitrogen and oxygen atoms in total. The molecule has 0 radical (unpaired) electrons. The molecule has 0 fully saturated rings. The van der Waals surface area contributed by atoms with E-state index >= 15 is 0 Å². The van der Waals surface area contributed by atoms with E-state index in [1.807, 2.05) is 19.9 Å². The van der Waals surface area contributed by atoms with Gasteiger partial charge in [0.15, 0.2) is 16.3 Å². The van der Waals surface area contributed by atoms with Crippen LogP contribution in [-0.2, 0) is 0 Å². The van der Waals surface area contributed by atoms with Crippen molar-refractivity contribution in [3.8, 4) is 0 Å². The van der Waals surface area contributed by atoms with Gasteiger partial charge in [-0.25, -0.2) is 9.37 Å². The Hall–Kier alpha value is -3.06. The molecule has 1 N–H and O–H groups in total. The Morgan fingerprint density at radius 3 is 2.81 bits per heavy atom. The van der Waals surface area contributed by atoms with Crippen molar-refractivity contribution in [1.29, 1.82) is 0 Å². The van der Waals surface area contributed by atoms with E-state index in [1.54, 1.807) is 12.1 Å². The third kappa shape index (κ3) is 2.76. The zero-order chi connectivity index (χ0) is 18.4. The van der Waals surface area contributed by atoms with E-state index in [0.717, 1.165) is 22.5 Å². The second kappa shape index (κ2) is 6.03. The van der Waals surface area contributed by atoms with Crippen molar-refractivity contribution in [2.24, 2.45) is 0 Å². The Kier molecular flexibility index (Phi) is 3.81. The van der Waals surface area contributed by atoms with Gasteiger partial charge in [-0.1, -0.05) is 17.4 Å². The van der Waals surface area contributed by atoms with Crippen molar-refractivity contribution in [1.82, 2.24) is 4.98 Å². The number of halogens is 1. The summed E-state index contributed by atoms with van der Waals surface area (Å²) in [4.78, 5) is 29.0. The minimum Gasteiger partial charge on any atom is -0.450 e. The normalized spacial score (nSPS) is 11.2. The van der Waals surface area contributed by atoms with E-state index in [9.17, 15) is 14.0 Å². The highest BCUT2D eigenvalue weighted by molar-refractivity contribution is 7.22. The first-order chi connectivity index (χ1) is 12.4. The number of hydrogen-bond donors (Lipinski definition) is 1. The van der Waals surface area contributed by atoms with Gasteiger partial charge in [0.25, 0.3) is 5.91 Å². The second-order valence-electron chi connectivity index (χ2n) is 5.94. The molecule has 7 heteroatoms. The molecule has 0 aliphatic rings. The van der Waals surface area contributed by atoms with Crippen LogP contribution in [0.4, 0.5) is 9.52 Å². The molecule has 1 amide bonds. The number of benzene rings is 2. The minimum absolute atomic E-state index is 0.0957. The Labute approximate surface area is 151 Å². The Balaban J connectivity index is 1.73. The Morgan fingerprint density at radius 2 is 2.00 bits per heavy atom. The fourth-order valence-electron chi connectivity index (χ4n) is 2.67. The second-order valence-corrected chi connectivity index (χ2v) is 6.97. The quantitative estimate of drug-likeness (QED) is 0.569. The van der Waals surface area contributed by atoms with Crippen molar-refractivity contribution in [2.45, 2.75) is 13.8 Å². The van der Waals surface area contributed by atoms with Gasteiger partial charge in [0, 0.05) is 6.07 Å². The van der Waals surface area contributed by atoms with Gasteiger partial charge in [-0.05, 0) is 49.2 Å². The molecule has 0 bridgehead atoms. The summed E-state index contributed by atoms with van der Waals surface area (Å²) in [6.07, 6.45) is 0. The minimum atomic E-state index is -0.579. The van der Waals surface area contributed by atoms with Crippen LogP contribution >= 0.6 is 11.3 Å². The van der Waals surface area contributed by atoms with Crippen molar-refractivity contribution < 1.29 is 13.6 Å². The number of carbonyl (C=O) groups excluding carboxylic acids is 1. The number of carbonyl (C=O) groups is 1. The fraction of sp³-hybridized carbons (Fsp3) is 0.105. The third-order valence-corrected chi connectivity index (χ3v) is 5.14. The van der Waals surface area contributed by atoms with Crippen LogP contribution < -0.4 is 10.7 Å². The number of thiazole rings is 1. The van der Waals surface area contributed by atoms with Crippen molar-refractivity contribution in [3.63, 3.8) is 0 Å². The zero-order valence-corrected chi connectivity index (χ0v) is 14.7. The monoisotopic (exact) mass is 368 g/mol. The third-order valence-electron chi connectivity index (χ3n) is 4.21. The summed E-state index contributed by atoms with van der Waals surface area (Å²) in [5.74, 6) is -1.04. The van der Waals surface area contributed by atoms with Gasteiger partial charge in [0.2, 0.25) is 0 Å². The van der Waals surface area contributed by atoms with Crippen LogP contribution in [0.1, 0.15) is 21.7 Å². The lowest BCUT2D eigenvalue weighted by atomic mass is 10.1. The van der Waals surface area contributed by atoms with Gasteiger partial charge in [0.05, 0.1) is 15.6 Å². The summed E-state index contributed by atoms with van der Waals surface area (Å²) in [5.41, 5.74) is 2.47. The molecule has 26 heavy (non-hydrogen) atoms. The lowest BCUT2D eigenvalue weighted by Crippen LogP contribution is -2.15. The summed E-state index contributed by atoms with van der Waals surface area (Å²) in [7, 11) is 0. The maximum atomic E-state index is 13.3. The smallest absolute Gasteiger partial charge is 0.293 e. The molecule has 0 aliphatic carbocycles. The molecular formula is C19H13FN2O3S. The molecule has 0 aliphatic heterocycles. The van der Waals surface area contributed by atoms with Crippen molar-refractivity contribution in [2.75, 3.05) is 5.32 Å². The van der Waals surface area contributed by atoms with Crippen molar-refractivity contribution >= 4 is 43.6 Å². The maximum Gasteiger partial charge on any atom is 0.293 e. The van der Waals surface area contributed by atoms with Crippen molar-refractivity contribution in [3.05, 3.63) is 69.3 Å². The molecule has 4 rings (SSSR count). The van der Waals surface area contributed by atoms with E-state index in [4.69, 9.17) is 4.42 Å². The highest BCUT2D eigenvalue weighted by atomic mass is 32.1. The Bertz CT molecular complexity index is 1240. The molecule has 130 valence electrons. The first-order valence-corrected chi connectivity index (χ1v) is 8.65. The average Bonchev–Trinajstić information content (AvgIpc) is 2.99. The van der Waals surface area contributed by atoms with Crippen LogP contribution in [-0.4, -0.2) is 10.9 Å². The summed E-state index contributed by atoms with van der Waals surface area (Å²) in [5, 5.41) is 3.34. The van der Waals surface area contributed by atoms with Gasteiger partial charge >= 0.3 is 0 Å². The van der Waals surface area contributed by atoms with Gasteiger partial charge in [-0.3, -0.25) is 14.9 Å². The number of nitrogens with one attached hydrogen (secondary N) is 1. The molecular weight excluding hydrogens is 355 g/mol. The number of fused-ring (bicyclic) bond motifs is 2. The number of rotatable bonds is 2. The highest BCUT2D eigenvalue weighted by Gasteiger charge is 2.16. The molecule has 0 saturated carbocycles. The first kappa shape index (κ1) is 16.4. The first-order valence-electron chi connectivity index (χ1n) is 7.84. The lowest BCUT2D eigenvalue weighted by Gasteiger charge is -2.06. The van der Waals surface area contributed by atoms with Gasteiger partial charge in [0.1, 0.15) is 11.4 Å². The van der Waals surface area contributed by atoms with Crippen LogP contribution in [0.25, 0.3) is 21.2 Å². The van der Waals surface area contributed by atoms with Gasteiger partial charge in [-0.15, -0.1) is 0 Å². The van der Waals surface area contributed by atoms with E-state index < -0.39 is 5.91 Å². The molecule has 0 atom stereocenters. The van der Waals surface area contributed by atoms with Crippen LogP contribution in [0.5, 0.6) is 0 Å². The number of nitrogens with zero attached hydrogens (tertiary/aromatic N) is 1. The van der Waals surface area contributed by atoms with E-state index in [0.29, 0.717) is 26.3 Å². The van der Waals surface area contributed by atoms with E-state index in [-0.39, 0.29) is 17.0 Å². The predicted molar refractivity (Wildman–Crippen MR) is 99.5 cm³/mol. The Morgan fingerprint density at radius 1 is 1.19 bits per heavy atom. The standard InChI is InChI=1S/C19H13FN2O3S/c1-9-3-5-12-14(23)8-15(25-17(12)10(9)2)18(24)22-19-21-13-6-4-11(20)7-16(13)26-19/h3-8H,1-2H3,(H,21,22,24). The maximum absolute atomic E-state index is 13.3. The molecule has 4 aromatic rings. The van der Waals surface area contributed by atoms with Gasteiger partial charge in [-0.2, -0.15) is 0 Å². The van der Waals surface area contributed by atoms with Crippen LogP contribution in [0.2, 0.25) is 0 Å². The number of amides is 1. The summed E-state index contributed by atoms with van der Waals surface area (Å²) >= 11 is 1.15. The molecule has 0 unspecified atom stereocenters. The topological polar surface area (TPSA) is 72.2 Å². The predicted octanol–water partition coefficient (Wildman–Crippen LogP) is 4.41.